The van der Waals surface area contributed by atoms with Gasteiger partial charge in [-0.05, 0) is 12.1 Å². The smallest absolute Gasteiger partial charge is 0.289 e. The Labute approximate surface area is 140 Å². The number of aromatic hydroxyl groups is 1. The highest BCUT2D eigenvalue weighted by molar-refractivity contribution is 6.03. The molecule has 25 heavy (non-hydrogen) atoms. The summed E-state index contributed by atoms with van der Waals surface area (Å²) < 4.78 is 0. The zero-order valence-corrected chi connectivity index (χ0v) is 12.8. The minimum Gasteiger partial charge on any atom is -0.493 e. The zero-order valence-electron chi connectivity index (χ0n) is 12.8. The molecule has 0 spiro atoms. The van der Waals surface area contributed by atoms with Crippen molar-refractivity contribution in [2.75, 3.05) is 0 Å². The third-order valence-corrected chi connectivity index (χ3v) is 4.01. The second-order valence-electron chi connectivity index (χ2n) is 5.55. The number of fused-ring (bicyclic) bond motifs is 4. The lowest BCUT2D eigenvalue weighted by molar-refractivity contribution is 0.459. The third-order valence-electron chi connectivity index (χ3n) is 4.01. The van der Waals surface area contributed by atoms with E-state index in [1.807, 2.05) is 48.5 Å². The molecular weight excluding hydrogens is 318 g/mol. The predicted octanol–water partition coefficient (Wildman–Crippen LogP) is 4.11. The number of azo groups is 1. The Bertz CT molecular complexity index is 1270. The maximum absolute atomic E-state index is 10.0. The van der Waals surface area contributed by atoms with Crippen molar-refractivity contribution in [3.05, 3.63) is 48.5 Å². The van der Waals surface area contributed by atoms with Gasteiger partial charge in [-0.1, -0.05) is 36.4 Å². The fourth-order valence-electron chi connectivity index (χ4n) is 2.86. The fraction of sp³-hybridized carbons (Fsp3) is 0. The molecule has 0 aliphatic carbocycles. The molecule has 8 heteroatoms. The van der Waals surface area contributed by atoms with Gasteiger partial charge in [-0.3, -0.25) is 0 Å². The van der Waals surface area contributed by atoms with Gasteiger partial charge in [0.25, 0.3) is 5.95 Å². The maximum atomic E-state index is 10.0. The lowest BCUT2D eigenvalue weighted by Gasteiger charge is -1.92. The third kappa shape index (κ3) is 2.12. The molecule has 0 fully saturated rings. The maximum Gasteiger partial charge on any atom is 0.289 e. The summed E-state index contributed by atoms with van der Waals surface area (Å²) in [4.78, 5) is 10.4. The number of hydrogen-bond donors (Lipinski definition) is 3. The minimum absolute atomic E-state index is 0.0513. The van der Waals surface area contributed by atoms with Gasteiger partial charge < -0.3 is 15.1 Å². The van der Waals surface area contributed by atoms with Gasteiger partial charge in [0.05, 0.1) is 5.52 Å². The Morgan fingerprint density at radius 1 is 0.800 bits per heavy atom. The van der Waals surface area contributed by atoms with Gasteiger partial charge in [-0.2, -0.15) is 4.98 Å². The highest BCUT2D eigenvalue weighted by Gasteiger charge is 2.11. The molecule has 0 aliphatic rings. The molecule has 0 aliphatic heterocycles. The van der Waals surface area contributed by atoms with Crippen LogP contribution in [0.5, 0.6) is 5.88 Å². The first-order chi connectivity index (χ1) is 12.3. The molecule has 0 atom stereocenters. The number of nitrogens with zero attached hydrogens (tertiary/aromatic N) is 5. The van der Waals surface area contributed by atoms with E-state index in [0.29, 0.717) is 16.9 Å². The lowest BCUT2D eigenvalue weighted by atomic mass is 10.2. The van der Waals surface area contributed by atoms with E-state index in [1.165, 1.54) is 0 Å². The lowest BCUT2D eigenvalue weighted by Crippen LogP contribution is -1.86. The topological polar surface area (TPSA) is 115 Å². The standard InChI is InChI=1S/C17H11N7O/c25-16-14(10-6-2-4-8-12(10)19-16)22-24-17-20-15-13(21-23-17)9-5-1-3-7-11(9)18-15/h1-8,19,25H,(H,18,20,23). The molecule has 5 aromatic rings. The van der Waals surface area contributed by atoms with Crippen molar-refractivity contribution < 1.29 is 5.11 Å². The molecule has 0 radical (unpaired) electrons. The molecule has 0 amide bonds. The summed E-state index contributed by atoms with van der Waals surface area (Å²) in [6.07, 6.45) is 0. The fourth-order valence-corrected chi connectivity index (χ4v) is 2.86. The number of aromatic nitrogens is 5. The van der Waals surface area contributed by atoms with Gasteiger partial charge in [0, 0.05) is 16.3 Å². The molecule has 0 saturated heterocycles. The van der Waals surface area contributed by atoms with Crippen LogP contribution < -0.4 is 0 Å². The first-order valence-corrected chi connectivity index (χ1v) is 7.62. The molecule has 3 heterocycles. The van der Waals surface area contributed by atoms with Crippen LogP contribution >= 0.6 is 0 Å². The highest BCUT2D eigenvalue weighted by Crippen LogP contribution is 2.35. The zero-order chi connectivity index (χ0) is 16.8. The van der Waals surface area contributed by atoms with Gasteiger partial charge in [0.15, 0.2) is 11.3 Å². The summed E-state index contributed by atoms with van der Waals surface area (Å²) in [6.45, 7) is 0. The molecule has 8 nitrogen and oxygen atoms in total. The Balaban J connectivity index is 1.60. The first-order valence-electron chi connectivity index (χ1n) is 7.62. The molecule has 5 rings (SSSR count). The van der Waals surface area contributed by atoms with Crippen LogP contribution in [-0.4, -0.2) is 30.3 Å². The summed E-state index contributed by atoms with van der Waals surface area (Å²) >= 11 is 0. The number of nitrogens with one attached hydrogen (secondary N) is 2. The number of aromatic amines is 2. The molecule has 3 N–H and O–H groups in total. The van der Waals surface area contributed by atoms with Crippen molar-refractivity contribution in [1.29, 1.82) is 0 Å². The van der Waals surface area contributed by atoms with Gasteiger partial charge in [0.1, 0.15) is 5.52 Å². The van der Waals surface area contributed by atoms with Gasteiger partial charge in [-0.25, -0.2) is 0 Å². The van der Waals surface area contributed by atoms with E-state index in [4.69, 9.17) is 0 Å². The number of rotatable bonds is 2. The predicted molar refractivity (Wildman–Crippen MR) is 93.3 cm³/mol. The van der Waals surface area contributed by atoms with Gasteiger partial charge in [-0.15, -0.1) is 20.4 Å². The van der Waals surface area contributed by atoms with E-state index in [9.17, 15) is 5.11 Å². The summed E-state index contributed by atoms with van der Waals surface area (Å²) in [5.74, 6) is 0.0633. The van der Waals surface area contributed by atoms with Gasteiger partial charge >= 0.3 is 0 Å². The van der Waals surface area contributed by atoms with Crippen LogP contribution in [0.4, 0.5) is 11.6 Å². The quantitative estimate of drug-likeness (QED) is 0.423. The van der Waals surface area contributed by atoms with Crippen LogP contribution in [0.15, 0.2) is 58.8 Å². The van der Waals surface area contributed by atoms with Crippen molar-refractivity contribution in [2.45, 2.75) is 0 Å². The highest BCUT2D eigenvalue weighted by atomic mass is 16.3. The van der Waals surface area contributed by atoms with E-state index in [-0.39, 0.29) is 11.8 Å². The van der Waals surface area contributed by atoms with Crippen LogP contribution in [0.2, 0.25) is 0 Å². The normalized spacial score (nSPS) is 12.0. The Kier molecular flexibility index (Phi) is 2.78. The molecule has 2 aromatic carbocycles. The molecule has 0 unspecified atom stereocenters. The second kappa shape index (κ2) is 5.10. The SMILES string of the molecule is Oc1[nH]c2ccccc2c1N=Nc1nnc2c(n1)[nH]c1ccccc12. The number of benzene rings is 2. The summed E-state index contributed by atoms with van der Waals surface area (Å²) in [6, 6.07) is 15.2. The Morgan fingerprint density at radius 3 is 2.36 bits per heavy atom. The van der Waals surface area contributed by atoms with Gasteiger partial charge in [0.2, 0.25) is 5.88 Å². The van der Waals surface area contributed by atoms with E-state index in [1.54, 1.807) is 0 Å². The number of H-pyrrole nitrogens is 2. The van der Waals surface area contributed by atoms with Crippen LogP contribution in [0, 0.1) is 0 Å². The van der Waals surface area contributed by atoms with E-state index >= 15 is 0 Å². The average Bonchev–Trinajstić information content (AvgIpc) is 3.16. The van der Waals surface area contributed by atoms with Crippen molar-refractivity contribution in [3.63, 3.8) is 0 Å². The second-order valence-corrected chi connectivity index (χ2v) is 5.55. The van der Waals surface area contributed by atoms with E-state index in [2.05, 4.69) is 35.4 Å². The summed E-state index contributed by atoms with van der Waals surface area (Å²) in [5.41, 5.74) is 3.33. The first kappa shape index (κ1) is 13.6. The van der Waals surface area contributed by atoms with E-state index < -0.39 is 0 Å². The average molecular weight is 329 g/mol. The van der Waals surface area contributed by atoms with Crippen LogP contribution in [0.1, 0.15) is 0 Å². The Morgan fingerprint density at radius 2 is 1.52 bits per heavy atom. The molecule has 0 saturated carbocycles. The van der Waals surface area contributed by atoms with Crippen LogP contribution in [-0.2, 0) is 0 Å². The molecular formula is C17H11N7O. The number of hydrogen-bond acceptors (Lipinski definition) is 6. The van der Waals surface area contributed by atoms with Crippen molar-refractivity contribution in [1.82, 2.24) is 25.1 Å². The molecule has 3 aromatic heterocycles. The van der Waals surface area contributed by atoms with Crippen molar-refractivity contribution >= 4 is 44.6 Å². The Hall–Kier alpha value is -3.81. The number of para-hydroxylation sites is 2. The molecule has 0 bridgehead atoms. The van der Waals surface area contributed by atoms with Crippen molar-refractivity contribution in [3.8, 4) is 5.88 Å². The largest absolute Gasteiger partial charge is 0.493 e. The van der Waals surface area contributed by atoms with Crippen molar-refractivity contribution in [2.24, 2.45) is 10.2 Å². The monoisotopic (exact) mass is 329 g/mol. The summed E-state index contributed by atoms with van der Waals surface area (Å²) in [5, 5.41) is 28.0. The van der Waals surface area contributed by atoms with E-state index in [0.717, 1.165) is 21.8 Å². The molecule has 120 valence electrons. The van der Waals surface area contributed by atoms with Crippen LogP contribution in [0.25, 0.3) is 33.0 Å². The minimum atomic E-state index is -0.0513. The van der Waals surface area contributed by atoms with Crippen LogP contribution in [0.3, 0.4) is 0 Å². The summed E-state index contributed by atoms with van der Waals surface area (Å²) in [7, 11) is 0.